The van der Waals surface area contributed by atoms with Crippen molar-refractivity contribution in [3.8, 4) is 56.4 Å². The highest BCUT2D eigenvalue weighted by molar-refractivity contribution is 6.01. The van der Waals surface area contributed by atoms with E-state index in [9.17, 15) is 0 Å². The molecule has 3 heteroatoms. The van der Waals surface area contributed by atoms with Gasteiger partial charge in [0.25, 0.3) is 0 Å². The van der Waals surface area contributed by atoms with Crippen LogP contribution in [-0.4, -0.2) is 15.0 Å². The van der Waals surface area contributed by atoms with Crippen molar-refractivity contribution < 1.29 is 0 Å². The van der Waals surface area contributed by atoms with Gasteiger partial charge in [-0.2, -0.15) is 0 Å². The molecular weight excluding hydrogens is 583 g/mol. The van der Waals surface area contributed by atoms with E-state index in [4.69, 9.17) is 15.0 Å². The molecule has 0 aliphatic heterocycles. The quantitative estimate of drug-likeness (QED) is 0.185. The molecule has 3 aliphatic rings. The number of hydrogen-bond acceptors (Lipinski definition) is 3. The summed E-state index contributed by atoms with van der Waals surface area (Å²) in [6, 6.07) is 50.0. The van der Waals surface area contributed by atoms with Crippen molar-refractivity contribution in [3.63, 3.8) is 0 Å². The molecule has 0 bridgehead atoms. The van der Waals surface area contributed by atoms with Crippen molar-refractivity contribution in [2.45, 2.75) is 24.7 Å². The average Bonchev–Trinajstić information content (AvgIpc) is 3.91. The van der Waals surface area contributed by atoms with Crippen LogP contribution in [-0.2, 0) is 5.41 Å². The van der Waals surface area contributed by atoms with E-state index in [0.717, 1.165) is 34.6 Å². The summed E-state index contributed by atoms with van der Waals surface area (Å²) in [5, 5.41) is 2.37. The molecule has 3 atom stereocenters. The Morgan fingerprint density at radius 2 is 1.06 bits per heavy atom. The Morgan fingerprint density at radius 1 is 0.479 bits per heavy atom. The molecule has 228 valence electrons. The highest BCUT2D eigenvalue weighted by Crippen LogP contribution is 2.66. The summed E-state index contributed by atoms with van der Waals surface area (Å²) in [6.45, 7) is 0. The second-order valence-electron chi connectivity index (χ2n) is 13.5. The molecule has 7 aromatic rings. The molecule has 1 spiro atoms. The summed E-state index contributed by atoms with van der Waals surface area (Å²) in [6.07, 6.45) is 8.44. The Bertz CT molecular complexity index is 2340. The van der Waals surface area contributed by atoms with Crippen molar-refractivity contribution in [2.24, 2.45) is 11.8 Å². The summed E-state index contributed by atoms with van der Waals surface area (Å²) in [5.74, 6) is 3.46. The largest absolute Gasteiger partial charge is 0.208 e. The summed E-state index contributed by atoms with van der Waals surface area (Å²) in [4.78, 5) is 15.4. The third kappa shape index (κ3) is 4.17. The van der Waals surface area contributed by atoms with Crippen LogP contribution in [0.2, 0.25) is 0 Å². The highest BCUT2D eigenvalue weighted by Gasteiger charge is 2.57. The summed E-state index contributed by atoms with van der Waals surface area (Å²) in [5.41, 5.74) is 11.1. The number of fused-ring (bicyclic) bond motifs is 8. The smallest absolute Gasteiger partial charge is 0.164 e. The molecule has 1 aromatic heterocycles. The van der Waals surface area contributed by atoms with Crippen LogP contribution in [0.3, 0.4) is 0 Å². The zero-order valence-electron chi connectivity index (χ0n) is 26.6. The zero-order valence-corrected chi connectivity index (χ0v) is 26.6. The first-order valence-corrected chi connectivity index (χ1v) is 17.1. The number of hydrogen-bond donors (Lipinski definition) is 0. The van der Waals surface area contributed by atoms with Crippen LogP contribution < -0.4 is 0 Å². The van der Waals surface area contributed by atoms with Crippen molar-refractivity contribution in [2.75, 3.05) is 0 Å². The second-order valence-corrected chi connectivity index (χ2v) is 13.5. The average molecular weight is 616 g/mol. The maximum Gasteiger partial charge on any atom is 0.164 e. The van der Waals surface area contributed by atoms with Crippen LogP contribution in [0.4, 0.5) is 0 Å². The fraction of sp³-hybridized carbons (Fsp3) is 0.133. The van der Waals surface area contributed by atoms with Gasteiger partial charge in [0.15, 0.2) is 17.5 Å². The third-order valence-corrected chi connectivity index (χ3v) is 10.9. The normalized spacial score (nSPS) is 20.2. The van der Waals surface area contributed by atoms with E-state index >= 15 is 0 Å². The molecule has 3 nitrogen and oxygen atoms in total. The maximum absolute atomic E-state index is 5.21. The fourth-order valence-corrected chi connectivity index (χ4v) is 8.67. The molecule has 6 aromatic carbocycles. The van der Waals surface area contributed by atoms with E-state index in [1.54, 1.807) is 0 Å². The fourth-order valence-electron chi connectivity index (χ4n) is 8.67. The van der Waals surface area contributed by atoms with Gasteiger partial charge in [-0.15, -0.1) is 0 Å². The van der Waals surface area contributed by atoms with Crippen LogP contribution in [0.25, 0.3) is 67.2 Å². The zero-order chi connectivity index (χ0) is 31.7. The van der Waals surface area contributed by atoms with Gasteiger partial charge in [0.2, 0.25) is 0 Å². The van der Waals surface area contributed by atoms with Crippen LogP contribution in [0.1, 0.15) is 30.4 Å². The van der Waals surface area contributed by atoms with Crippen LogP contribution in [0.15, 0.2) is 152 Å². The number of rotatable bonds is 4. The first-order chi connectivity index (χ1) is 23.8. The first kappa shape index (κ1) is 27.4. The second kappa shape index (κ2) is 10.7. The predicted molar refractivity (Wildman–Crippen MR) is 195 cm³/mol. The number of nitrogens with zero attached hydrogens (tertiary/aromatic N) is 3. The standard InChI is InChI=1S/C45H33N3/c1-3-14-29(15-4-1)42-46-43(30-16-5-2-6-17-30)48-44(47-42)37-27-32-19-8-7-18-31(32)26-36(37)34-22-13-24-39-41(34)35-21-9-10-23-38(35)45(39)25-12-11-20-33-28-40(33)45/h1-19,21-24,26-27,33,40H,20,25,28H2. The Balaban J connectivity index is 1.26. The van der Waals surface area contributed by atoms with Crippen molar-refractivity contribution in [1.29, 1.82) is 0 Å². The molecule has 0 N–H and O–H groups in total. The van der Waals surface area contributed by atoms with Gasteiger partial charge in [-0.1, -0.05) is 140 Å². The van der Waals surface area contributed by atoms with E-state index in [2.05, 4.69) is 115 Å². The lowest BCUT2D eigenvalue weighted by molar-refractivity contribution is 0.443. The van der Waals surface area contributed by atoms with Crippen LogP contribution >= 0.6 is 0 Å². The molecule has 48 heavy (non-hydrogen) atoms. The Morgan fingerprint density at radius 3 is 1.79 bits per heavy atom. The monoisotopic (exact) mass is 615 g/mol. The molecule has 0 amide bonds. The lowest BCUT2D eigenvalue weighted by atomic mass is 9.71. The van der Waals surface area contributed by atoms with E-state index in [1.807, 2.05) is 36.4 Å². The first-order valence-electron chi connectivity index (χ1n) is 17.1. The molecule has 3 aliphatic carbocycles. The number of aromatic nitrogens is 3. The molecule has 0 saturated heterocycles. The van der Waals surface area contributed by atoms with E-state index in [1.165, 1.54) is 51.4 Å². The minimum Gasteiger partial charge on any atom is -0.208 e. The Kier molecular flexibility index (Phi) is 6.11. The molecule has 10 rings (SSSR count). The van der Waals surface area contributed by atoms with Gasteiger partial charge in [0.05, 0.1) is 0 Å². The minimum atomic E-state index is 0.0186. The van der Waals surface area contributed by atoms with Crippen LogP contribution in [0, 0.1) is 11.8 Å². The van der Waals surface area contributed by atoms with Gasteiger partial charge in [-0.3, -0.25) is 0 Å². The van der Waals surface area contributed by atoms with Gasteiger partial charge in [-0.25, -0.2) is 15.0 Å². The summed E-state index contributed by atoms with van der Waals surface area (Å²) < 4.78 is 0. The molecule has 0 radical (unpaired) electrons. The van der Waals surface area contributed by atoms with Gasteiger partial charge < -0.3 is 0 Å². The number of allylic oxidation sites excluding steroid dienone is 2. The highest BCUT2D eigenvalue weighted by atomic mass is 15.0. The van der Waals surface area contributed by atoms with Crippen molar-refractivity contribution in [3.05, 3.63) is 163 Å². The van der Waals surface area contributed by atoms with Crippen molar-refractivity contribution >= 4 is 10.8 Å². The van der Waals surface area contributed by atoms with E-state index in [-0.39, 0.29) is 5.41 Å². The molecule has 3 unspecified atom stereocenters. The minimum absolute atomic E-state index is 0.0186. The topological polar surface area (TPSA) is 38.7 Å². The predicted octanol–water partition coefficient (Wildman–Crippen LogP) is 10.9. The lowest BCUT2D eigenvalue weighted by Crippen LogP contribution is -2.27. The number of benzene rings is 6. The van der Waals surface area contributed by atoms with Gasteiger partial charge >= 0.3 is 0 Å². The molecular formula is C45H33N3. The maximum atomic E-state index is 5.21. The molecule has 1 fully saturated rings. The SMILES string of the molecule is C1=CCC2(c3ccccc3-c3c(-c4cc5ccccc5cc4-c4nc(-c5ccccc5)nc(-c5ccccc5)n4)cccc32)C2CC2C1. The lowest BCUT2D eigenvalue weighted by Gasteiger charge is -2.31. The van der Waals surface area contributed by atoms with Gasteiger partial charge in [0, 0.05) is 22.1 Å². The van der Waals surface area contributed by atoms with E-state index < -0.39 is 0 Å². The summed E-state index contributed by atoms with van der Waals surface area (Å²) >= 11 is 0. The van der Waals surface area contributed by atoms with Crippen molar-refractivity contribution in [1.82, 2.24) is 15.0 Å². The Hall–Kier alpha value is -5.67. The molecule has 1 saturated carbocycles. The van der Waals surface area contributed by atoms with Crippen LogP contribution in [0.5, 0.6) is 0 Å². The summed E-state index contributed by atoms with van der Waals surface area (Å²) in [7, 11) is 0. The van der Waals surface area contributed by atoms with E-state index in [0.29, 0.717) is 23.4 Å². The van der Waals surface area contributed by atoms with Gasteiger partial charge in [-0.05, 0) is 87.4 Å². The van der Waals surface area contributed by atoms with Gasteiger partial charge in [0.1, 0.15) is 0 Å². The molecule has 1 heterocycles. The third-order valence-electron chi connectivity index (χ3n) is 10.9. The Labute approximate surface area is 280 Å².